The van der Waals surface area contributed by atoms with Crippen molar-refractivity contribution in [3.63, 3.8) is 0 Å². The molecular formula is C34H32BaN2O12S2. The second-order valence-corrected chi connectivity index (χ2v) is 13.3. The van der Waals surface area contributed by atoms with Gasteiger partial charge in [0.05, 0.1) is 36.9 Å². The molecule has 0 unspecified atom stereocenters. The molecule has 14 nitrogen and oxygen atoms in total. The van der Waals surface area contributed by atoms with Crippen molar-refractivity contribution in [1.29, 1.82) is 0 Å². The van der Waals surface area contributed by atoms with Gasteiger partial charge in [-0.15, -0.1) is 0 Å². The molecule has 2 amide bonds. The van der Waals surface area contributed by atoms with Gasteiger partial charge in [-0.2, -0.15) is 0 Å². The Bertz CT molecular complexity index is 1870. The van der Waals surface area contributed by atoms with E-state index in [2.05, 4.69) is 10.6 Å². The van der Waals surface area contributed by atoms with Crippen molar-refractivity contribution in [2.24, 2.45) is 0 Å². The van der Waals surface area contributed by atoms with Crippen LogP contribution in [0.5, 0.6) is 11.5 Å². The number of ketones is 2. The number of hydrogen-bond acceptors (Lipinski definition) is 12. The van der Waals surface area contributed by atoms with Gasteiger partial charge < -0.3 is 29.2 Å². The summed E-state index contributed by atoms with van der Waals surface area (Å²) >= 11 is 0. The van der Waals surface area contributed by atoms with Crippen LogP contribution in [-0.2, 0) is 52.3 Å². The van der Waals surface area contributed by atoms with Crippen LogP contribution in [0, 0.1) is 0 Å². The van der Waals surface area contributed by atoms with Crippen LogP contribution < -0.4 is 20.1 Å². The number of rotatable bonds is 14. The molecule has 17 heteroatoms. The molecule has 0 aliphatic rings. The Hall–Kier alpha value is -3.85. The Kier molecular flexibility index (Phi) is 17.2. The molecule has 0 spiro atoms. The first kappa shape index (κ1) is 43.3. The van der Waals surface area contributed by atoms with Crippen molar-refractivity contribution < 1.29 is 54.6 Å². The first-order chi connectivity index (χ1) is 23.5. The van der Waals surface area contributed by atoms with E-state index >= 15 is 0 Å². The molecule has 0 aromatic heterocycles. The maximum absolute atomic E-state index is 11.9. The Balaban J connectivity index is 0.000000347. The van der Waals surface area contributed by atoms with Crippen molar-refractivity contribution in [2.45, 2.75) is 35.5 Å². The van der Waals surface area contributed by atoms with Gasteiger partial charge in [-0.3, -0.25) is 19.2 Å². The molecule has 4 rings (SSSR count). The predicted molar refractivity (Wildman–Crippen MR) is 184 cm³/mol. The normalized spacial score (nSPS) is 10.7. The molecule has 0 aliphatic heterocycles. The van der Waals surface area contributed by atoms with Crippen LogP contribution in [0.25, 0.3) is 0 Å². The van der Waals surface area contributed by atoms with Gasteiger partial charge in [0.25, 0.3) is 0 Å². The van der Waals surface area contributed by atoms with Gasteiger partial charge in [0.15, 0.2) is 0 Å². The van der Waals surface area contributed by atoms with Gasteiger partial charge in [0, 0.05) is 24.2 Å². The summed E-state index contributed by atoms with van der Waals surface area (Å²) in [4.78, 5) is 46.8. The molecule has 4 aromatic rings. The van der Waals surface area contributed by atoms with Crippen LogP contribution in [0.15, 0.2) is 107 Å². The standard InChI is InChI=1S/2C17H17NO6S.Ba/c2*1-24-15-6-2-12(3-7-15)10-14(19)11-17(20)18-13-4-8-16(9-5-13)25(21,22)23;/h2*2-9H,10-11H2,1H3,(H,18,20)(H,21,22,23);/q;;+2/p-2. The fraction of sp³-hybridized carbons (Fsp3) is 0.176. The molecule has 0 aliphatic carbocycles. The third-order valence-electron chi connectivity index (χ3n) is 6.69. The number of carbonyl (C=O) groups is 4. The van der Waals surface area contributed by atoms with Gasteiger partial charge in [-0.1, -0.05) is 24.3 Å². The smallest absolute Gasteiger partial charge is 0.744 e. The summed E-state index contributed by atoms with van der Waals surface area (Å²) < 4.78 is 75.0. The maximum atomic E-state index is 11.9. The third-order valence-corrected chi connectivity index (χ3v) is 8.39. The number of methoxy groups -OCH3 is 2. The molecule has 264 valence electrons. The molecule has 0 atom stereocenters. The zero-order chi connectivity index (χ0) is 36.9. The molecule has 51 heavy (non-hydrogen) atoms. The van der Waals surface area contributed by atoms with Crippen LogP contribution in [0.4, 0.5) is 11.4 Å². The average Bonchev–Trinajstić information content (AvgIpc) is 3.05. The summed E-state index contributed by atoms with van der Waals surface area (Å²) in [5, 5.41) is 4.96. The van der Waals surface area contributed by atoms with Crippen LogP contribution in [-0.4, -0.2) is 112 Å². The monoisotopic (exact) mass is 862 g/mol. The Morgan fingerprint density at radius 3 is 1.08 bits per heavy atom. The number of Topliss-reactive ketones (excluding diaryl/α,β-unsaturated/α-hetero) is 2. The van der Waals surface area contributed by atoms with Crippen LogP contribution >= 0.6 is 0 Å². The number of anilines is 2. The van der Waals surface area contributed by atoms with Crippen molar-refractivity contribution in [2.75, 3.05) is 24.9 Å². The summed E-state index contributed by atoms with van der Waals surface area (Å²) in [5.41, 5.74) is 2.14. The molecule has 0 bridgehead atoms. The number of nitrogens with one attached hydrogen (secondary N) is 2. The first-order valence-corrected chi connectivity index (χ1v) is 17.4. The molecule has 0 fully saturated rings. The van der Waals surface area contributed by atoms with Gasteiger partial charge in [0.1, 0.15) is 43.3 Å². The van der Waals surface area contributed by atoms with Crippen molar-refractivity contribution in [1.82, 2.24) is 0 Å². The molecule has 2 N–H and O–H groups in total. The summed E-state index contributed by atoms with van der Waals surface area (Å²) in [5.74, 6) is -0.203. The van der Waals surface area contributed by atoms with E-state index in [-0.39, 0.29) is 95.9 Å². The van der Waals surface area contributed by atoms with E-state index in [1.165, 1.54) is 24.3 Å². The molecule has 4 aromatic carbocycles. The van der Waals surface area contributed by atoms with Crippen molar-refractivity contribution in [3.8, 4) is 11.5 Å². The van der Waals surface area contributed by atoms with E-state index in [9.17, 15) is 45.1 Å². The van der Waals surface area contributed by atoms with Crippen LogP contribution in [0.3, 0.4) is 0 Å². The van der Waals surface area contributed by atoms with E-state index < -0.39 is 32.1 Å². The fourth-order valence-corrected chi connectivity index (χ4v) is 5.18. The van der Waals surface area contributed by atoms with Gasteiger partial charge >= 0.3 is 48.9 Å². The largest absolute Gasteiger partial charge is 2.00 e. The minimum atomic E-state index is -4.53. The number of amides is 2. The van der Waals surface area contributed by atoms with E-state index in [1.807, 2.05) is 0 Å². The average molecular weight is 862 g/mol. The summed E-state index contributed by atoms with van der Waals surface area (Å²) in [7, 11) is -5.97. The third kappa shape index (κ3) is 15.5. The summed E-state index contributed by atoms with van der Waals surface area (Å²) in [6.07, 6.45) is -0.392. The van der Waals surface area contributed by atoms with Crippen molar-refractivity contribution in [3.05, 3.63) is 108 Å². The molecular weight excluding hydrogens is 830 g/mol. The molecule has 0 heterocycles. The molecule has 0 saturated heterocycles. The SMILES string of the molecule is COc1ccc(CC(=O)CC(=O)Nc2ccc(S(=O)(=O)[O-])cc2)cc1.COc1ccc(CC(=O)CC(=O)Nc2ccc(S(=O)(=O)[O-])cc2)cc1.[Ba+2]. The Morgan fingerprint density at radius 2 is 0.824 bits per heavy atom. The predicted octanol–water partition coefficient (Wildman–Crippen LogP) is 3.10. The van der Waals surface area contributed by atoms with Gasteiger partial charge in [-0.05, 0) is 83.9 Å². The number of carbonyl (C=O) groups excluding carboxylic acids is 4. The second kappa shape index (κ2) is 20.3. The van der Waals surface area contributed by atoms with E-state index in [4.69, 9.17) is 9.47 Å². The first-order valence-electron chi connectivity index (χ1n) is 14.6. The maximum Gasteiger partial charge on any atom is 2.00 e. The summed E-state index contributed by atoms with van der Waals surface area (Å²) in [6, 6.07) is 23.4. The van der Waals surface area contributed by atoms with Gasteiger partial charge in [0.2, 0.25) is 11.8 Å². The second-order valence-electron chi connectivity index (χ2n) is 10.5. The van der Waals surface area contributed by atoms with E-state index in [1.54, 1.807) is 62.8 Å². The number of hydrogen-bond donors (Lipinski definition) is 2. The van der Waals surface area contributed by atoms with Crippen LogP contribution in [0.2, 0.25) is 0 Å². The van der Waals surface area contributed by atoms with Crippen LogP contribution in [0.1, 0.15) is 24.0 Å². The fourth-order valence-electron chi connectivity index (χ4n) is 4.25. The minimum Gasteiger partial charge on any atom is -0.744 e. The molecule has 0 radical (unpaired) electrons. The minimum absolute atomic E-state index is 0. The zero-order valence-electron chi connectivity index (χ0n) is 27.5. The quantitative estimate of drug-likeness (QED) is 0.106. The van der Waals surface area contributed by atoms with E-state index in [0.717, 1.165) is 35.4 Å². The van der Waals surface area contributed by atoms with E-state index in [0.29, 0.717) is 22.9 Å². The number of ether oxygens (including phenoxy) is 2. The Morgan fingerprint density at radius 1 is 0.529 bits per heavy atom. The molecule has 0 saturated carbocycles. The topological polar surface area (TPSA) is 225 Å². The van der Waals surface area contributed by atoms with Crippen molar-refractivity contribution >= 4 is 104 Å². The summed E-state index contributed by atoms with van der Waals surface area (Å²) in [6.45, 7) is 0. The number of benzene rings is 4. The zero-order valence-corrected chi connectivity index (χ0v) is 33.6. The Labute approximate surface area is 335 Å². The van der Waals surface area contributed by atoms with Gasteiger partial charge in [-0.25, -0.2) is 16.8 Å².